The van der Waals surface area contributed by atoms with E-state index in [0.717, 1.165) is 44.8 Å². The minimum absolute atomic E-state index is 0.650. The van der Waals surface area contributed by atoms with Crippen molar-refractivity contribution in [2.24, 2.45) is 0 Å². The number of nitrogens with zero attached hydrogens (tertiary/aromatic N) is 3. The van der Waals surface area contributed by atoms with Gasteiger partial charge in [-0.3, -0.25) is 0 Å². The highest BCUT2D eigenvalue weighted by Gasteiger charge is 2.17. The van der Waals surface area contributed by atoms with Gasteiger partial charge in [-0.05, 0) is 117 Å². The molecule has 0 fully saturated rings. The fourth-order valence-corrected chi connectivity index (χ4v) is 9.31. The summed E-state index contributed by atoms with van der Waals surface area (Å²) < 4.78 is 0. The van der Waals surface area contributed by atoms with Gasteiger partial charge in [0.25, 0.3) is 0 Å². The van der Waals surface area contributed by atoms with Crippen LogP contribution in [-0.2, 0) is 0 Å². The molecule has 0 aliphatic heterocycles. The standard InChI is InChI=1S/C57H33N3/c58-34-35-15-17-36(18-16-35)37-19-23-39(24-20-37)51-33-52(60-57(59-51)44-7-2-1-3-8-44)40-25-21-38(22-26-40)46-31-45-30-29-43-10-5-13-48-47-12-4-9-41-27-28-42-11-6-14-49(55(42)53(41)47)50(32-46)56(45)54(43)48/h1-33H. The van der Waals surface area contributed by atoms with E-state index < -0.39 is 0 Å². The zero-order chi connectivity index (χ0) is 39.7. The molecule has 12 aromatic rings. The molecular formula is C57H33N3. The van der Waals surface area contributed by atoms with Gasteiger partial charge in [-0.1, -0.05) is 170 Å². The van der Waals surface area contributed by atoms with E-state index in [4.69, 9.17) is 9.97 Å². The molecule has 1 aromatic heterocycles. The third-order valence-electron chi connectivity index (χ3n) is 12.2. The van der Waals surface area contributed by atoms with Crippen LogP contribution in [0.4, 0.5) is 0 Å². The zero-order valence-corrected chi connectivity index (χ0v) is 32.4. The monoisotopic (exact) mass is 759 g/mol. The SMILES string of the molecule is N#Cc1ccc(-c2ccc(-c3cc(-c4ccc(-c5cc6ccc7cccc8c9cccc%10ccc%11cccc(c(c5)c6c78)c%11c%109)cc4)nc(-c4ccccc4)n3)cc2)cc1. The van der Waals surface area contributed by atoms with Crippen LogP contribution >= 0.6 is 0 Å². The average molecular weight is 760 g/mol. The Labute approximate surface area is 346 Å². The van der Waals surface area contributed by atoms with Crippen LogP contribution in [-0.4, -0.2) is 9.97 Å². The molecule has 3 nitrogen and oxygen atoms in total. The molecule has 0 saturated carbocycles. The first-order valence-corrected chi connectivity index (χ1v) is 20.3. The van der Waals surface area contributed by atoms with E-state index in [1.165, 1.54) is 70.2 Å². The van der Waals surface area contributed by atoms with E-state index in [2.05, 4.69) is 164 Å². The van der Waals surface area contributed by atoms with Gasteiger partial charge >= 0.3 is 0 Å². The van der Waals surface area contributed by atoms with Crippen molar-refractivity contribution in [3.63, 3.8) is 0 Å². The van der Waals surface area contributed by atoms with Gasteiger partial charge in [0.05, 0.1) is 23.0 Å². The van der Waals surface area contributed by atoms with Crippen LogP contribution in [0.2, 0.25) is 0 Å². The molecule has 11 aromatic carbocycles. The first kappa shape index (κ1) is 33.9. The Morgan fingerprint density at radius 2 is 0.733 bits per heavy atom. The molecule has 0 amide bonds. The van der Waals surface area contributed by atoms with Crippen LogP contribution < -0.4 is 0 Å². The van der Waals surface area contributed by atoms with Gasteiger partial charge in [-0.2, -0.15) is 5.26 Å². The topological polar surface area (TPSA) is 49.6 Å². The summed E-state index contributed by atoms with van der Waals surface area (Å²) in [6.07, 6.45) is 0. The zero-order valence-electron chi connectivity index (χ0n) is 32.4. The second-order valence-corrected chi connectivity index (χ2v) is 15.6. The molecule has 3 heteroatoms. The molecule has 0 unspecified atom stereocenters. The van der Waals surface area contributed by atoms with Gasteiger partial charge in [0, 0.05) is 16.7 Å². The molecule has 0 saturated heterocycles. The maximum absolute atomic E-state index is 9.25. The van der Waals surface area contributed by atoms with Gasteiger partial charge < -0.3 is 0 Å². The summed E-state index contributed by atoms with van der Waals surface area (Å²) in [5.74, 6) is 0.682. The maximum Gasteiger partial charge on any atom is 0.160 e. The van der Waals surface area contributed by atoms with Gasteiger partial charge in [-0.15, -0.1) is 0 Å². The lowest BCUT2D eigenvalue weighted by Crippen LogP contribution is -1.96. The fraction of sp³-hybridized carbons (Fsp3) is 0. The molecule has 0 N–H and O–H groups in total. The summed E-state index contributed by atoms with van der Waals surface area (Å²) in [6, 6.07) is 73.6. The van der Waals surface area contributed by atoms with E-state index in [0.29, 0.717) is 11.4 Å². The minimum Gasteiger partial charge on any atom is -0.228 e. The highest BCUT2D eigenvalue weighted by Crippen LogP contribution is 2.44. The van der Waals surface area contributed by atoms with Crippen molar-refractivity contribution in [3.8, 4) is 62.2 Å². The average Bonchev–Trinajstić information content (AvgIpc) is 3.32. The van der Waals surface area contributed by atoms with Crippen molar-refractivity contribution >= 4 is 64.6 Å². The summed E-state index contributed by atoms with van der Waals surface area (Å²) in [4.78, 5) is 10.2. The van der Waals surface area contributed by atoms with Crippen molar-refractivity contribution < 1.29 is 0 Å². The van der Waals surface area contributed by atoms with Crippen LogP contribution in [0.5, 0.6) is 0 Å². The third kappa shape index (κ3) is 5.43. The molecule has 0 atom stereocenters. The molecule has 0 bridgehead atoms. The van der Waals surface area contributed by atoms with Crippen molar-refractivity contribution in [3.05, 3.63) is 206 Å². The van der Waals surface area contributed by atoms with E-state index in [1.807, 2.05) is 42.5 Å². The predicted octanol–water partition coefficient (Wildman–Crippen LogP) is 15.0. The number of hydrogen-bond donors (Lipinski definition) is 0. The number of nitriles is 1. The molecule has 60 heavy (non-hydrogen) atoms. The van der Waals surface area contributed by atoms with Crippen molar-refractivity contribution in [2.75, 3.05) is 0 Å². The van der Waals surface area contributed by atoms with Crippen LogP contribution in [0.3, 0.4) is 0 Å². The molecule has 0 spiro atoms. The Morgan fingerprint density at radius 3 is 1.25 bits per heavy atom. The second-order valence-electron chi connectivity index (χ2n) is 15.6. The van der Waals surface area contributed by atoms with Crippen LogP contribution in [0.1, 0.15) is 5.56 Å². The molecule has 276 valence electrons. The third-order valence-corrected chi connectivity index (χ3v) is 12.2. The van der Waals surface area contributed by atoms with Crippen LogP contribution in [0, 0.1) is 11.3 Å². The molecule has 12 rings (SSSR count). The Morgan fingerprint density at radius 1 is 0.300 bits per heavy atom. The molecule has 1 heterocycles. The fourth-order valence-electron chi connectivity index (χ4n) is 9.31. The van der Waals surface area contributed by atoms with E-state index in [9.17, 15) is 5.26 Å². The quantitative estimate of drug-likeness (QED) is 0.164. The Kier molecular flexibility index (Phi) is 7.60. The van der Waals surface area contributed by atoms with Crippen molar-refractivity contribution in [2.45, 2.75) is 0 Å². The lowest BCUT2D eigenvalue weighted by atomic mass is 9.86. The summed E-state index contributed by atoms with van der Waals surface area (Å²) in [5.41, 5.74) is 9.82. The Hall–Kier alpha value is -8.19. The highest BCUT2D eigenvalue weighted by molar-refractivity contribution is 6.37. The van der Waals surface area contributed by atoms with Crippen molar-refractivity contribution in [1.29, 1.82) is 5.26 Å². The van der Waals surface area contributed by atoms with Gasteiger partial charge in [-0.25, -0.2) is 9.97 Å². The van der Waals surface area contributed by atoms with Gasteiger partial charge in [0.2, 0.25) is 0 Å². The molecule has 0 aliphatic carbocycles. The molecule has 0 radical (unpaired) electrons. The lowest BCUT2D eigenvalue weighted by Gasteiger charge is -2.17. The summed E-state index contributed by atoms with van der Waals surface area (Å²) >= 11 is 0. The summed E-state index contributed by atoms with van der Waals surface area (Å²) in [6.45, 7) is 0. The number of fused-ring (bicyclic) bond motifs is 2. The van der Waals surface area contributed by atoms with Gasteiger partial charge in [0.15, 0.2) is 5.82 Å². The highest BCUT2D eigenvalue weighted by atomic mass is 14.9. The Bertz CT molecular complexity index is 3670. The lowest BCUT2D eigenvalue weighted by molar-refractivity contribution is 1.18. The molecular weight excluding hydrogens is 727 g/mol. The van der Waals surface area contributed by atoms with E-state index in [-0.39, 0.29) is 0 Å². The van der Waals surface area contributed by atoms with Crippen LogP contribution in [0.15, 0.2) is 200 Å². The Balaban J connectivity index is 1.01. The van der Waals surface area contributed by atoms with E-state index in [1.54, 1.807) is 0 Å². The summed E-state index contributed by atoms with van der Waals surface area (Å²) in [7, 11) is 0. The predicted molar refractivity (Wildman–Crippen MR) is 250 cm³/mol. The second kappa shape index (κ2) is 13.5. The normalized spacial score (nSPS) is 11.7. The smallest absolute Gasteiger partial charge is 0.160 e. The number of hydrogen-bond acceptors (Lipinski definition) is 3. The molecule has 0 aliphatic rings. The first-order chi connectivity index (χ1) is 29.7. The number of benzene rings is 10. The van der Waals surface area contributed by atoms with Crippen molar-refractivity contribution in [1.82, 2.24) is 9.97 Å². The summed E-state index contributed by atoms with van der Waals surface area (Å²) in [5, 5.41) is 24.6. The largest absolute Gasteiger partial charge is 0.228 e. The van der Waals surface area contributed by atoms with E-state index >= 15 is 0 Å². The maximum atomic E-state index is 9.25. The first-order valence-electron chi connectivity index (χ1n) is 20.3. The number of rotatable bonds is 5. The minimum atomic E-state index is 0.650. The van der Waals surface area contributed by atoms with Crippen LogP contribution in [0.25, 0.3) is 121 Å². The number of aromatic nitrogens is 2. The van der Waals surface area contributed by atoms with Gasteiger partial charge in [0.1, 0.15) is 0 Å².